The van der Waals surface area contributed by atoms with Crippen LogP contribution in [0.4, 0.5) is 0 Å². The van der Waals surface area contributed by atoms with Crippen molar-refractivity contribution in [1.82, 2.24) is 5.32 Å². The number of rotatable bonds is 7. The summed E-state index contributed by atoms with van der Waals surface area (Å²) in [6, 6.07) is 8.15. The normalized spacial score (nSPS) is 16.5. The SMILES string of the molecule is CNCc1ccc(OCCOC2CCOCC2)cc1. The molecule has 0 unspecified atom stereocenters. The van der Waals surface area contributed by atoms with Crippen LogP contribution >= 0.6 is 0 Å². The molecule has 1 aliphatic heterocycles. The quantitative estimate of drug-likeness (QED) is 0.765. The zero-order valence-corrected chi connectivity index (χ0v) is 11.6. The number of benzene rings is 1. The summed E-state index contributed by atoms with van der Waals surface area (Å²) in [5, 5.41) is 3.12. The molecule has 0 bridgehead atoms. The van der Waals surface area contributed by atoms with Crippen LogP contribution in [-0.4, -0.2) is 39.6 Å². The summed E-state index contributed by atoms with van der Waals surface area (Å²) in [6.07, 6.45) is 2.34. The second-order valence-electron chi connectivity index (χ2n) is 4.71. The van der Waals surface area contributed by atoms with Crippen LogP contribution in [0.25, 0.3) is 0 Å². The van der Waals surface area contributed by atoms with Crippen LogP contribution < -0.4 is 10.1 Å². The first-order valence-electron chi connectivity index (χ1n) is 6.94. The fourth-order valence-electron chi connectivity index (χ4n) is 2.12. The number of nitrogens with one attached hydrogen (secondary N) is 1. The third kappa shape index (κ3) is 5.19. The van der Waals surface area contributed by atoms with Gasteiger partial charge in [0, 0.05) is 19.8 Å². The van der Waals surface area contributed by atoms with Gasteiger partial charge in [0.1, 0.15) is 12.4 Å². The van der Waals surface area contributed by atoms with Crippen molar-refractivity contribution in [3.05, 3.63) is 29.8 Å². The molecule has 1 aromatic carbocycles. The zero-order valence-electron chi connectivity index (χ0n) is 11.6. The Labute approximate surface area is 115 Å². The average Bonchev–Trinajstić information content (AvgIpc) is 2.47. The van der Waals surface area contributed by atoms with Crippen LogP contribution in [0.3, 0.4) is 0 Å². The fraction of sp³-hybridized carbons (Fsp3) is 0.600. The zero-order chi connectivity index (χ0) is 13.3. The fourth-order valence-corrected chi connectivity index (χ4v) is 2.12. The topological polar surface area (TPSA) is 39.7 Å². The summed E-state index contributed by atoms with van der Waals surface area (Å²) in [5.74, 6) is 0.899. The first-order valence-corrected chi connectivity index (χ1v) is 6.94. The van der Waals surface area contributed by atoms with Crippen LogP contribution in [0.15, 0.2) is 24.3 Å². The second-order valence-corrected chi connectivity index (χ2v) is 4.71. The molecule has 0 atom stereocenters. The van der Waals surface area contributed by atoms with Gasteiger partial charge in [-0.25, -0.2) is 0 Å². The Morgan fingerprint density at radius 2 is 1.89 bits per heavy atom. The largest absolute Gasteiger partial charge is 0.491 e. The van der Waals surface area contributed by atoms with E-state index in [1.165, 1.54) is 5.56 Å². The van der Waals surface area contributed by atoms with Crippen LogP contribution in [-0.2, 0) is 16.0 Å². The van der Waals surface area contributed by atoms with Crippen molar-refractivity contribution in [3.63, 3.8) is 0 Å². The van der Waals surface area contributed by atoms with Crippen molar-refractivity contribution in [2.45, 2.75) is 25.5 Å². The van der Waals surface area contributed by atoms with E-state index < -0.39 is 0 Å². The predicted molar refractivity (Wildman–Crippen MR) is 74.5 cm³/mol. The molecule has 1 fully saturated rings. The lowest BCUT2D eigenvalue weighted by atomic mass is 10.2. The van der Waals surface area contributed by atoms with Crippen molar-refractivity contribution in [3.8, 4) is 5.75 Å². The van der Waals surface area contributed by atoms with Crippen molar-refractivity contribution in [2.24, 2.45) is 0 Å². The monoisotopic (exact) mass is 265 g/mol. The molecule has 1 N–H and O–H groups in total. The lowest BCUT2D eigenvalue weighted by Crippen LogP contribution is -2.25. The Hall–Kier alpha value is -1.10. The highest BCUT2D eigenvalue weighted by molar-refractivity contribution is 5.27. The smallest absolute Gasteiger partial charge is 0.119 e. The average molecular weight is 265 g/mol. The molecule has 2 rings (SSSR count). The standard InChI is InChI=1S/C15H23NO3/c1-16-12-13-2-4-14(5-3-13)18-10-11-19-15-6-8-17-9-7-15/h2-5,15-16H,6-12H2,1H3. The van der Waals surface area contributed by atoms with Crippen LogP contribution in [0.1, 0.15) is 18.4 Å². The van der Waals surface area contributed by atoms with Crippen LogP contribution in [0.2, 0.25) is 0 Å². The number of ether oxygens (including phenoxy) is 3. The molecule has 1 saturated heterocycles. The Bertz CT molecular complexity index is 347. The first-order chi connectivity index (χ1) is 9.38. The molecule has 0 aliphatic carbocycles. The van der Waals surface area contributed by atoms with E-state index in [4.69, 9.17) is 14.2 Å². The summed E-state index contributed by atoms with van der Waals surface area (Å²) in [6.45, 7) is 3.76. The minimum atomic E-state index is 0.343. The first kappa shape index (κ1) is 14.3. The van der Waals surface area contributed by atoms with Gasteiger partial charge in [-0.2, -0.15) is 0 Å². The molecule has 4 heteroatoms. The maximum Gasteiger partial charge on any atom is 0.119 e. The van der Waals surface area contributed by atoms with E-state index in [1.807, 2.05) is 19.2 Å². The summed E-state index contributed by atoms with van der Waals surface area (Å²) in [5.41, 5.74) is 1.26. The molecule has 0 saturated carbocycles. The second kappa shape index (κ2) is 8.15. The summed E-state index contributed by atoms with van der Waals surface area (Å²) >= 11 is 0. The molecular formula is C15H23NO3. The van der Waals surface area contributed by atoms with Gasteiger partial charge in [0.25, 0.3) is 0 Å². The van der Waals surface area contributed by atoms with E-state index in [2.05, 4.69) is 17.4 Å². The molecule has 0 radical (unpaired) electrons. The van der Waals surface area contributed by atoms with Gasteiger partial charge < -0.3 is 19.5 Å². The van der Waals surface area contributed by atoms with Crippen molar-refractivity contribution in [2.75, 3.05) is 33.5 Å². The van der Waals surface area contributed by atoms with Crippen LogP contribution in [0, 0.1) is 0 Å². The summed E-state index contributed by atoms with van der Waals surface area (Å²) in [7, 11) is 1.94. The van der Waals surface area contributed by atoms with Crippen molar-refractivity contribution < 1.29 is 14.2 Å². The molecule has 1 aromatic rings. The van der Waals surface area contributed by atoms with E-state index in [9.17, 15) is 0 Å². The summed E-state index contributed by atoms with van der Waals surface area (Å²) < 4.78 is 16.7. The molecule has 4 nitrogen and oxygen atoms in total. The molecule has 1 aliphatic rings. The lowest BCUT2D eigenvalue weighted by molar-refractivity contribution is -0.0388. The molecule has 1 heterocycles. The summed E-state index contributed by atoms with van der Waals surface area (Å²) in [4.78, 5) is 0. The highest BCUT2D eigenvalue weighted by Gasteiger charge is 2.13. The third-order valence-corrected chi connectivity index (χ3v) is 3.18. The van der Waals surface area contributed by atoms with Crippen LogP contribution in [0.5, 0.6) is 5.75 Å². The minimum Gasteiger partial charge on any atom is -0.491 e. The van der Waals surface area contributed by atoms with Gasteiger partial charge >= 0.3 is 0 Å². The van der Waals surface area contributed by atoms with E-state index in [1.54, 1.807) is 0 Å². The highest BCUT2D eigenvalue weighted by Crippen LogP contribution is 2.13. The van der Waals surface area contributed by atoms with E-state index in [0.717, 1.165) is 38.3 Å². The Morgan fingerprint density at radius 1 is 1.16 bits per heavy atom. The van der Waals surface area contributed by atoms with E-state index >= 15 is 0 Å². The van der Waals surface area contributed by atoms with Gasteiger partial charge in [0.05, 0.1) is 12.7 Å². The minimum absolute atomic E-state index is 0.343. The van der Waals surface area contributed by atoms with Gasteiger partial charge in [-0.3, -0.25) is 0 Å². The van der Waals surface area contributed by atoms with Crippen molar-refractivity contribution >= 4 is 0 Å². The van der Waals surface area contributed by atoms with Gasteiger partial charge in [0.15, 0.2) is 0 Å². The van der Waals surface area contributed by atoms with E-state index in [-0.39, 0.29) is 0 Å². The van der Waals surface area contributed by atoms with Gasteiger partial charge in [-0.05, 0) is 37.6 Å². The maximum absolute atomic E-state index is 5.75. The van der Waals surface area contributed by atoms with Gasteiger partial charge in [-0.1, -0.05) is 12.1 Å². The van der Waals surface area contributed by atoms with Crippen molar-refractivity contribution in [1.29, 1.82) is 0 Å². The predicted octanol–water partition coefficient (Wildman–Crippen LogP) is 1.98. The highest BCUT2D eigenvalue weighted by atomic mass is 16.5. The molecule has 0 amide bonds. The Morgan fingerprint density at radius 3 is 2.58 bits per heavy atom. The van der Waals surface area contributed by atoms with Gasteiger partial charge in [0.2, 0.25) is 0 Å². The number of hydrogen-bond donors (Lipinski definition) is 1. The molecule has 0 aromatic heterocycles. The van der Waals surface area contributed by atoms with E-state index in [0.29, 0.717) is 19.3 Å². The Balaban J connectivity index is 1.62. The molecule has 0 spiro atoms. The number of hydrogen-bond acceptors (Lipinski definition) is 4. The molecular weight excluding hydrogens is 242 g/mol. The molecule has 19 heavy (non-hydrogen) atoms. The lowest BCUT2D eigenvalue weighted by Gasteiger charge is -2.22. The molecule has 106 valence electrons. The maximum atomic E-state index is 5.75. The third-order valence-electron chi connectivity index (χ3n) is 3.18. The Kier molecular flexibility index (Phi) is 6.14. The van der Waals surface area contributed by atoms with Gasteiger partial charge in [-0.15, -0.1) is 0 Å².